The zero-order valence-corrected chi connectivity index (χ0v) is 9.82. The molecule has 2 aliphatic carbocycles. The van der Waals surface area contributed by atoms with E-state index in [4.69, 9.17) is 0 Å². The fourth-order valence-electron chi connectivity index (χ4n) is 3.98. The number of aromatic amines is 1. The van der Waals surface area contributed by atoms with E-state index < -0.39 is 5.60 Å². The van der Waals surface area contributed by atoms with Crippen LogP contribution in [0.25, 0.3) is 10.9 Å². The molecule has 2 fully saturated rings. The molecule has 2 heteroatoms. The van der Waals surface area contributed by atoms with Crippen LogP contribution in [0.15, 0.2) is 30.5 Å². The SMILES string of the molecule is OC1(c2ccc3[nH]ccc3c2)CC2CCC1C2. The molecular weight excluding hydrogens is 210 g/mol. The summed E-state index contributed by atoms with van der Waals surface area (Å²) in [5.41, 5.74) is 1.73. The number of aromatic nitrogens is 1. The summed E-state index contributed by atoms with van der Waals surface area (Å²) in [6.07, 6.45) is 6.67. The molecule has 88 valence electrons. The highest BCUT2D eigenvalue weighted by Gasteiger charge is 2.50. The Morgan fingerprint density at radius 3 is 2.94 bits per heavy atom. The molecule has 0 spiro atoms. The molecule has 2 N–H and O–H groups in total. The third-order valence-electron chi connectivity index (χ3n) is 4.87. The van der Waals surface area contributed by atoms with Crippen molar-refractivity contribution in [2.24, 2.45) is 11.8 Å². The van der Waals surface area contributed by atoms with Crippen molar-refractivity contribution in [2.45, 2.75) is 31.3 Å². The third kappa shape index (κ3) is 1.25. The fourth-order valence-corrected chi connectivity index (χ4v) is 3.98. The monoisotopic (exact) mass is 227 g/mol. The van der Waals surface area contributed by atoms with Crippen LogP contribution in [0.4, 0.5) is 0 Å². The van der Waals surface area contributed by atoms with E-state index in [0.29, 0.717) is 5.92 Å². The van der Waals surface area contributed by atoms with Crippen molar-refractivity contribution in [1.82, 2.24) is 4.98 Å². The predicted molar refractivity (Wildman–Crippen MR) is 67.6 cm³/mol. The van der Waals surface area contributed by atoms with Crippen LogP contribution in [0.5, 0.6) is 0 Å². The van der Waals surface area contributed by atoms with Crippen LogP contribution >= 0.6 is 0 Å². The maximum absolute atomic E-state index is 10.9. The fraction of sp³-hybridized carbons (Fsp3) is 0.467. The topological polar surface area (TPSA) is 36.0 Å². The van der Waals surface area contributed by atoms with Gasteiger partial charge in [-0.15, -0.1) is 0 Å². The summed E-state index contributed by atoms with van der Waals surface area (Å²) in [6.45, 7) is 0. The number of H-pyrrole nitrogens is 1. The number of hydrogen-bond acceptors (Lipinski definition) is 1. The number of nitrogens with one attached hydrogen (secondary N) is 1. The van der Waals surface area contributed by atoms with Gasteiger partial charge >= 0.3 is 0 Å². The highest BCUT2D eigenvalue weighted by molar-refractivity contribution is 5.80. The van der Waals surface area contributed by atoms with Crippen LogP contribution in [-0.4, -0.2) is 10.1 Å². The molecule has 1 aromatic carbocycles. The minimum absolute atomic E-state index is 0.490. The van der Waals surface area contributed by atoms with E-state index in [1.807, 2.05) is 6.20 Å². The van der Waals surface area contributed by atoms with Gasteiger partial charge in [0, 0.05) is 11.7 Å². The van der Waals surface area contributed by atoms with Gasteiger partial charge in [0.1, 0.15) is 0 Å². The Bertz CT molecular complexity index is 573. The normalized spacial score (nSPS) is 35.8. The highest BCUT2D eigenvalue weighted by Crippen LogP contribution is 2.55. The van der Waals surface area contributed by atoms with Crippen LogP contribution in [-0.2, 0) is 5.60 Å². The smallest absolute Gasteiger partial charge is 0.0927 e. The van der Waals surface area contributed by atoms with Gasteiger partial charge in [-0.05, 0) is 66.7 Å². The van der Waals surface area contributed by atoms with Crippen LogP contribution in [0.3, 0.4) is 0 Å². The van der Waals surface area contributed by atoms with Crippen LogP contribution in [0, 0.1) is 11.8 Å². The second-order valence-electron chi connectivity index (χ2n) is 5.78. The Balaban J connectivity index is 1.83. The minimum atomic E-state index is -0.547. The number of rotatable bonds is 1. The maximum Gasteiger partial charge on any atom is 0.0927 e. The summed E-state index contributed by atoms with van der Waals surface area (Å²) in [5, 5.41) is 12.1. The average molecular weight is 227 g/mol. The molecule has 2 aromatic rings. The number of fused-ring (bicyclic) bond motifs is 3. The highest BCUT2D eigenvalue weighted by atomic mass is 16.3. The first-order valence-corrected chi connectivity index (χ1v) is 6.56. The Morgan fingerprint density at radius 2 is 2.18 bits per heavy atom. The van der Waals surface area contributed by atoms with Crippen molar-refractivity contribution in [3.63, 3.8) is 0 Å². The van der Waals surface area contributed by atoms with Crippen molar-refractivity contribution >= 4 is 10.9 Å². The summed E-state index contributed by atoms with van der Waals surface area (Å²) < 4.78 is 0. The van der Waals surface area contributed by atoms with E-state index in [1.165, 1.54) is 24.6 Å². The standard InChI is InChI=1S/C15H17NO/c17-15(9-10-1-2-12(15)7-10)13-3-4-14-11(8-13)5-6-16-14/h3-6,8,10,12,16-17H,1-2,7,9H2. The van der Waals surface area contributed by atoms with Crippen molar-refractivity contribution in [2.75, 3.05) is 0 Å². The van der Waals surface area contributed by atoms with Crippen LogP contribution in [0.1, 0.15) is 31.2 Å². The molecule has 2 nitrogen and oxygen atoms in total. The zero-order chi connectivity index (χ0) is 11.5. The summed E-state index contributed by atoms with van der Waals surface area (Å²) in [7, 11) is 0. The molecule has 0 aliphatic heterocycles. The number of benzene rings is 1. The van der Waals surface area contributed by atoms with E-state index in [9.17, 15) is 5.11 Å². The second kappa shape index (κ2) is 3.14. The maximum atomic E-state index is 10.9. The van der Waals surface area contributed by atoms with Gasteiger partial charge in [0.25, 0.3) is 0 Å². The van der Waals surface area contributed by atoms with Gasteiger partial charge in [-0.2, -0.15) is 0 Å². The molecule has 17 heavy (non-hydrogen) atoms. The van der Waals surface area contributed by atoms with E-state index in [-0.39, 0.29) is 0 Å². The summed E-state index contributed by atoms with van der Waals surface area (Å²) in [5.74, 6) is 1.25. The van der Waals surface area contributed by atoms with Crippen LogP contribution in [0.2, 0.25) is 0 Å². The molecule has 3 atom stereocenters. The van der Waals surface area contributed by atoms with Gasteiger partial charge in [-0.3, -0.25) is 0 Å². The molecule has 0 amide bonds. The quantitative estimate of drug-likeness (QED) is 0.771. The van der Waals surface area contributed by atoms with Gasteiger partial charge in [-0.1, -0.05) is 6.07 Å². The lowest BCUT2D eigenvalue weighted by Crippen LogP contribution is -2.32. The predicted octanol–water partition coefficient (Wildman–Crippen LogP) is 3.18. The molecule has 0 radical (unpaired) electrons. The van der Waals surface area contributed by atoms with E-state index in [2.05, 4.69) is 29.2 Å². The van der Waals surface area contributed by atoms with Crippen molar-refractivity contribution < 1.29 is 5.11 Å². The number of aliphatic hydroxyl groups is 1. The second-order valence-corrected chi connectivity index (χ2v) is 5.78. The summed E-state index contributed by atoms with van der Waals surface area (Å²) >= 11 is 0. The number of hydrogen-bond donors (Lipinski definition) is 2. The van der Waals surface area contributed by atoms with Crippen molar-refractivity contribution in [1.29, 1.82) is 0 Å². The summed E-state index contributed by atoms with van der Waals surface area (Å²) in [6, 6.07) is 8.43. The van der Waals surface area contributed by atoms with Crippen molar-refractivity contribution in [3.05, 3.63) is 36.0 Å². The van der Waals surface area contributed by atoms with E-state index in [1.54, 1.807) is 0 Å². The lowest BCUT2D eigenvalue weighted by molar-refractivity contribution is -0.0181. The molecule has 4 rings (SSSR count). The van der Waals surface area contributed by atoms with Gasteiger partial charge in [0.05, 0.1) is 5.60 Å². The van der Waals surface area contributed by atoms with Gasteiger partial charge < -0.3 is 10.1 Å². The Morgan fingerprint density at radius 1 is 1.24 bits per heavy atom. The average Bonchev–Trinajstić information content (AvgIpc) is 3.02. The minimum Gasteiger partial charge on any atom is -0.385 e. The Kier molecular flexibility index (Phi) is 1.79. The van der Waals surface area contributed by atoms with Gasteiger partial charge in [0.2, 0.25) is 0 Å². The lowest BCUT2D eigenvalue weighted by Gasteiger charge is -2.33. The molecule has 1 aromatic heterocycles. The first kappa shape index (κ1) is 9.72. The van der Waals surface area contributed by atoms with E-state index >= 15 is 0 Å². The third-order valence-corrected chi connectivity index (χ3v) is 4.87. The molecule has 2 bridgehead atoms. The molecule has 1 heterocycles. The molecule has 0 saturated heterocycles. The van der Waals surface area contributed by atoms with Crippen molar-refractivity contribution in [3.8, 4) is 0 Å². The zero-order valence-electron chi connectivity index (χ0n) is 9.82. The molecular formula is C15H17NO. The molecule has 3 unspecified atom stereocenters. The van der Waals surface area contributed by atoms with E-state index in [0.717, 1.165) is 23.4 Å². The molecule has 2 saturated carbocycles. The van der Waals surface area contributed by atoms with Crippen LogP contribution < -0.4 is 0 Å². The Hall–Kier alpha value is -1.28. The largest absolute Gasteiger partial charge is 0.385 e. The molecule has 2 aliphatic rings. The Labute approximate surface area is 101 Å². The first-order chi connectivity index (χ1) is 8.25. The van der Waals surface area contributed by atoms with Gasteiger partial charge in [0.15, 0.2) is 0 Å². The first-order valence-electron chi connectivity index (χ1n) is 6.56. The van der Waals surface area contributed by atoms with Gasteiger partial charge in [-0.25, -0.2) is 0 Å². The summed E-state index contributed by atoms with van der Waals surface area (Å²) in [4.78, 5) is 3.20. The lowest BCUT2D eigenvalue weighted by atomic mass is 9.79.